The summed E-state index contributed by atoms with van der Waals surface area (Å²) in [5, 5.41) is 13.9. The topological polar surface area (TPSA) is 87.1 Å². The van der Waals surface area contributed by atoms with Crippen LogP contribution in [0, 0.1) is 18.8 Å². The monoisotopic (exact) mass is 326 g/mol. The van der Waals surface area contributed by atoms with Gasteiger partial charge in [-0.05, 0) is 31.6 Å². The van der Waals surface area contributed by atoms with Crippen molar-refractivity contribution in [2.75, 3.05) is 23.3 Å². The fraction of sp³-hybridized carbons (Fsp3) is 0.529. The first-order valence-electron chi connectivity index (χ1n) is 8.43. The van der Waals surface area contributed by atoms with Crippen molar-refractivity contribution >= 4 is 11.6 Å². The summed E-state index contributed by atoms with van der Waals surface area (Å²) in [7, 11) is 0. The van der Waals surface area contributed by atoms with Crippen LogP contribution < -0.4 is 10.2 Å². The lowest BCUT2D eigenvalue weighted by Crippen LogP contribution is -2.43. The Balaban J connectivity index is 1.45. The Kier molecular flexibility index (Phi) is 4.02. The van der Waals surface area contributed by atoms with Crippen LogP contribution in [0.15, 0.2) is 31.0 Å². The van der Waals surface area contributed by atoms with Gasteiger partial charge in [-0.25, -0.2) is 9.97 Å². The van der Waals surface area contributed by atoms with Crippen LogP contribution in [-0.4, -0.2) is 50.3 Å². The van der Waals surface area contributed by atoms with E-state index >= 15 is 0 Å². The van der Waals surface area contributed by atoms with Crippen LogP contribution in [0.4, 0.5) is 11.6 Å². The second-order valence-electron chi connectivity index (χ2n) is 6.82. The van der Waals surface area contributed by atoms with Gasteiger partial charge in [-0.2, -0.15) is 0 Å². The zero-order chi connectivity index (χ0) is 16.5. The van der Waals surface area contributed by atoms with Crippen LogP contribution in [0.3, 0.4) is 0 Å². The Hall–Kier alpha value is -2.28. The standard InChI is InChI=1S/C17H22N6O/c1-11-6-19-8-17(21-11)23-9-12-4-14(15(24)5-13(12)10-23)22-16-7-18-2-3-20-16/h2-3,6-8,12-15,24H,4-5,9-10H2,1H3,(H,20,22)/t12-,13+,14-,15-/m1/s1. The predicted octanol–water partition coefficient (Wildman–Crippen LogP) is 1.26. The molecule has 2 fully saturated rings. The van der Waals surface area contributed by atoms with Gasteiger partial charge in [-0.1, -0.05) is 0 Å². The highest BCUT2D eigenvalue weighted by atomic mass is 16.3. The van der Waals surface area contributed by atoms with Crippen LogP contribution >= 0.6 is 0 Å². The minimum absolute atomic E-state index is 0.0199. The summed E-state index contributed by atoms with van der Waals surface area (Å²) in [6, 6.07) is 0.0199. The zero-order valence-corrected chi connectivity index (χ0v) is 13.7. The third-order valence-electron chi connectivity index (χ3n) is 5.10. The Morgan fingerprint density at radius 3 is 2.67 bits per heavy atom. The molecule has 4 atom stereocenters. The quantitative estimate of drug-likeness (QED) is 0.878. The predicted molar refractivity (Wildman–Crippen MR) is 90.6 cm³/mol. The summed E-state index contributed by atoms with van der Waals surface area (Å²) >= 11 is 0. The van der Waals surface area contributed by atoms with Crippen molar-refractivity contribution in [1.29, 1.82) is 0 Å². The summed E-state index contributed by atoms with van der Waals surface area (Å²) < 4.78 is 0. The SMILES string of the molecule is Cc1cncc(N2C[C@H]3C[C@@H](Nc4cnccn4)[C@H](O)C[C@H]3C2)n1. The number of nitrogens with one attached hydrogen (secondary N) is 1. The number of hydrogen-bond donors (Lipinski definition) is 2. The zero-order valence-electron chi connectivity index (χ0n) is 13.7. The lowest BCUT2D eigenvalue weighted by Gasteiger charge is -2.35. The second-order valence-corrected chi connectivity index (χ2v) is 6.82. The molecular formula is C17H22N6O. The van der Waals surface area contributed by atoms with Crippen LogP contribution in [0.1, 0.15) is 18.5 Å². The van der Waals surface area contributed by atoms with Gasteiger partial charge in [0.05, 0.1) is 30.2 Å². The van der Waals surface area contributed by atoms with Gasteiger partial charge in [0.1, 0.15) is 11.6 Å². The van der Waals surface area contributed by atoms with E-state index in [-0.39, 0.29) is 12.1 Å². The van der Waals surface area contributed by atoms with Crippen molar-refractivity contribution in [1.82, 2.24) is 19.9 Å². The number of rotatable bonds is 3. The van der Waals surface area contributed by atoms with E-state index in [0.29, 0.717) is 11.8 Å². The van der Waals surface area contributed by atoms with E-state index in [2.05, 4.69) is 30.2 Å². The highest BCUT2D eigenvalue weighted by molar-refractivity contribution is 5.39. The smallest absolute Gasteiger partial charge is 0.147 e. The Morgan fingerprint density at radius 2 is 1.92 bits per heavy atom. The van der Waals surface area contributed by atoms with Gasteiger partial charge in [-0.3, -0.25) is 9.97 Å². The molecule has 0 unspecified atom stereocenters. The number of nitrogens with zero attached hydrogens (tertiary/aromatic N) is 5. The Morgan fingerprint density at radius 1 is 1.08 bits per heavy atom. The average molecular weight is 326 g/mol. The first kappa shape index (κ1) is 15.3. The maximum atomic E-state index is 10.5. The number of aromatic nitrogens is 4. The summed E-state index contributed by atoms with van der Waals surface area (Å²) in [4.78, 5) is 19.5. The number of aryl methyl sites for hydroxylation is 1. The molecule has 7 heteroatoms. The molecule has 2 N–H and O–H groups in total. The third kappa shape index (κ3) is 3.03. The summed E-state index contributed by atoms with van der Waals surface area (Å²) in [6.45, 7) is 3.87. The van der Waals surface area contributed by atoms with Crippen LogP contribution in [-0.2, 0) is 0 Å². The lowest BCUT2D eigenvalue weighted by molar-refractivity contribution is 0.0737. The number of hydrogen-bond acceptors (Lipinski definition) is 7. The second kappa shape index (κ2) is 6.32. The Bertz CT molecular complexity index is 696. The van der Waals surface area contributed by atoms with Gasteiger partial charge >= 0.3 is 0 Å². The Labute approximate surface area is 141 Å². The normalized spacial score (nSPS) is 29.3. The lowest BCUT2D eigenvalue weighted by atomic mass is 9.77. The van der Waals surface area contributed by atoms with Crippen LogP contribution in [0.5, 0.6) is 0 Å². The number of aliphatic hydroxyl groups is 1. The molecule has 0 radical (unpaired) electrons. The van der Waals surface area contributed by atoms with Crippen LogP contribution in [0.2, 0.25) is 0 Å². The number of aliphatic hydroxyl groups excluding tert-OH is 1. The molecule has 1 aliphatic carbocycles. The molecule has 2 aromatic heterocycles. The average Bonchev–Trinajstić information content (AvgIpc) is 2.99. The van der Waals surface area contributed by atoms with Crippen molar-refractivity contribution in [2.24, 2.45) is 11.8 Å². The molecule has 126 valence electrons. The van der Waals surface area contributed by atoms with E-state index < -0.39 is 0 Å². The first-order valence-corrected chi connectivity index (χ1v) is 8.43. The fourth-order valence-electron chi connectivity index (χ4n) is 3.94. The molecule has 0 aromatic carbocycles. The molecule has 1 aliphatic heterocycles. The van der Waals surface area contributed by atoms with E-state index in [4.69, 9.17) is 0 Å². The highest BCUT2D eigenvalue weighted by Crippen LogP contribution is 2.38. The maximum absolute atomic E-state index is 10.5. The number of fused-ring (bicyclic) bond motifs is 1. The van der Waals surface area contributed by atoms with Gasteiger partial charge in [0.25, 0.3) is 0 Å². The molecule has 4 rings (SSSR count). The molecule has 0 spiro atoms. The van der Waals surface area contributed by atoms with Crippen molar-refractivity contribution in [3.05, 3.63) is 36.7 Å². The molecule has 2 aromatic rings. The molecule has 1 saturated heterocycles. The van der Waals surface area contributed by atoms with Gasteiger partial charge in [0.2, 0.25) is 0 Å². The van der Waals surface area contributed by atoms with E-state index in [0.717, 1.165) is 43.3 Å². The van der Waals surface area contributed by atoms with E-state index in [1.807, 2.05) is 13.1 Å². The van der Waals surface area contributed by atoms with E-state index in [1.54, 1.807) is 24.8 Å². The minimum atomic E-state index is -0.364. The molecule has 1 saturated carbocycles. The van der Waals surface area contributed by atoms with Crippen molar-refractivity contribution in [2.45, 2.75) is 31.9 Å². The van der Waals surface area contributed by atoms with Gasteiger partial charge < -0.3 is 15.3 Å². The highest BCUT2D eigenvalue weighted by Gasteiger charge is 2.42. The van der Waals surface area contributed by atoms with Gasteiger partial charge in [0.15, 0.2) is 0 Å². The summed E-state index contributed by atoms with van der Waals surface area (Å²) in [5.41, 5.74) is 0.935. The van der Waals surface area contributed by atoms with Gasteiger partial charge in [0, 0.05) is 31.7 Å². The maximum Gasteiger partial charge on any atom is 0.147 e. The molecule has 7 nitrogen and oxygen atoms in total. The molecule has 2 aliphatic rings. The van der Waals surface area contributed by atoms with Crippen molar-refractivity contribution in [3.63, 3.8) is 0 Å². The first-order chi connectivity index (χ1) is 11.7. The third-order valence-corrected chi connectivity index (χ3v) is 5.10. The van der Waals surface area contributed by atoms with Crippen LogP contribution in [0.25, 0.3) is 0 Å². The molecule has 24 heavy (non-hydrogen) atoms. The van der Waals surface area contributed by atoms with E-state index in [9.17, 15) is 5.11 Å². The molecule has 0 amide bonds. The van der Waals surface area contributed by atoms with Crippen molar-refractivity contribution < 1.29 is 5.11 Å². The fourth-order valence-corrected chi connectivity index (χ4v) is 3.94. The summed E-state index contributed by atoms with van der Waals surface area (Å²) in [5.74, 6) is 2.71. The largest absolute Gasteiger partial charge is 0.391 e. The van der Waals surface area contributed by atoms with Crippen molar-refractivity contribution in [3.8, 4) is 0 Å². The summed E-state index contributed by atoms with van der Waals surface area (Å²) in [6.07, 6.45) is 9.98. The van der Waals surface area contributed by atoms with Gasteiger partial charge in [-0.15, -0.1) is 0 Å². The minimum Gasteiger partial charge on any atom is -0.391 e. The van der Waals surface area contributed by atoms with E-state index in [1.165, 1.54) is 0 Å². The molecular weight excluding hydrogens is 304 g/mol. The molecule has 0 bridgehead atoms. The molecule has 3 heterocycles. The number of anilines is 2.